The van der Waals surface area contributed by atoms with Crippen molar-refractivity contribution < 1.29 is 21.6 Å². The van der Waals surface area contributed by atoms with Crippen molar-refractivity contribution >= 4 is 43.0 Å². The zero-order chi connectivity index (χ0) is 22.2. The Hall–Kier alpha value is -1.79. The van der Waals surface area contributed by atoms with Crippen LogP contribution in [0.1, 0.15) is 35.7 Å². The van der Waals surface area contributed by atoms with Crippen molar-refractivity contribution in [1.29, 1.82) is 0 Å². The summed E-state index contributed by atoms with van der Waals surface area (Å²) in [6, 6.07) is 8.18. The lowest BCUT2D eigenvalue weighted by Crippen LogP contribution is -2.36. The number of nitrogens with zero attached hydrogens (tertiary/aromatic N) is 2. The highest BCUT2D eigenvalue weighted by atomic mass is 32.2. The van der Waals surface area contributed by atoms with E-state index >= 15 is 0 Å². The summed E-state index contributed by atoms with van der Waals surface area (Å²) in [5, 5.41) is 1.98. The van der Waals surface area contributed by atoms with E-state index in [4.69, 9.17) is 0 Å². The van der Waals surface area contributed by atoms with E-state index in [1.165, 1.54) is 18.2 Å². The molecule has 1 aromatic carbocycles. The first kappa shape index (κ1) is 22.4. The van der Waals surface area contributed by atoms with Crippen LogP contribution in [0.2, 0.25) is 0 Å². The number of aryl methyl sites for hydroxylation is 1. The highest BCUT2D eigenvalue weighted by Gasteiger charge is 2.37. The number of likely N-dealkylation sites (tertiary alicyclic amines) is 1. The molecule has 2 aliphatic rings. The smallest absolute Gasteiger partial charge is 0.242 e. The van der Waals surface area contributed by atoms with Gasteiger partial charge in [-0.15, -0.1) is 11.3 Å². The molecule has 4 rings (SSSR count). The average Bonchev–Trinajstić information content (AvgIpc) is 3.46. The molecule has 2 saturated heterocycles. The maximum atomic E-state index is 13.2. The number of carbonyl (C=O) groups is 1. The Morgan fingerprint density at radius 1 is 1.19 bits per heavy atom. The first-order valence-corrected chi connectivity index (χ1v) is 14.1. The summed E-state index contributed by atoms with van der Waals surface area (Å²) in [5.74, 6) is -0.815. The van der Waals surface area contributed by atoms with E-state index in [9.17, 15) is 21.6 Å². The summed E-state index contributed by atoms with van der Waals surface area (Å²) < 4.78 is 54.3. The minimum atomic E-state index is -3.92. The fourth-order valence-corrected chi connectivity index (χ4v) is 7.70. The molecule has 168 valence electrons. The maximum absolute atomic E-state index is 13.2. The molecular weight excluding hydrogens is 458 g/mol. The number of benzene rings is 1. The van der Waals surface area contributed by atoms with Crippen LogP contribution in [0.25, 0.3) is 0 Å². The van der Waals surface area contributed by atoms with Crippen LogP contribution >= 0.6 is 11.3 Å². The van der Waals surface area contributed by atoms with Gasteiger partial charge in [0.2, 0.25) is 26.0 Å². The number of thiophene rings is 1. The number of anilines is 1. The van der Waals surface area contributed by atoms with Crippen LogP contribution < -0.4 is 9.03 Å². The van der Waals surface area contributed by atoms with Gasteiger partial charge in [0.05, 0.1) is 22.4 Å². The Kier molecular flexibility index (Phi) is 6.23. The van der Waals surface area contributed by atoms with Crippen molar-refractivity contribution in [1.82, 2.24) is 9.62 Å². The van der Waals surface area contributed by atoms with Gasteiger partial charge in [-0.2, -0.15) is 0 Å². The van der Waals surface area contributed by atoms with Crippen molar-refractivity contribution in [3.8, 4) is 0 Å². The van der Waals surface area contributed by atoms with Crippen LogP contribution in [0.5, 0.6) is 0 Å². The molecular formula is C20H25N3O5S3. The minimum Gasteiger partial charge on any atom is -0.294 e. The summed E-state index contributed by atoms with van der Waals surface area (Å²) >= 11 is 1.60. The van der Waals surface area contributed by atoms with E-state index in [1.807, 2.05) is 17.5 Å². The summed E-state index contributed by atoms with van der Waals surface area (Å²) in [6.07, 6.45) is 2.08. The van der Waals surface area contributed by atoms with Gasteiger partial charge in [-0.05, 0) is 62.0 Å². The molecule has 1 atom stereocenters. The predicted octanol–water partition coefficient (Wildman–Crippen LogP) is 2.24. The molecule has 11 heteroatoms. The Balaban J connectivity index is 1.60. The van der Waals surface area contributed by atoms with Crippen LogP contribution in [-0.2, 0) is 24.8 Å². The number of hydrogen-bond acceptors (Lipinski definition) is 7. The van der Waals surface area contributed by atoms with Gasteiger partial charge < -0.3 is 0 Å². The van der Waals surface area contributed by atoms with Crippen LogP contribution in [0.4, 0.5) is 5.69 Å². The summed E-state index contributed by atoms with van der Waals surface area (Å²) in [6.45, 7) is 3.71. The van der Waals surface area contributed by atoms with Gasteiger partial charge in [-0.25, -0.2) is 25.9 Å². The number of hydrogen-bond donors (Lipinski definition) is 1. The van der Waals surface area contributed by atoms with Gasteiger partial charge in [-0.3, -0.25) is 9.69 Å². The van der Waals surface area contributed by atoms with Crippen LogP contribution in [0.15, 0.2) is 40.6 Å². The zero-order valence-corrected chi connectivity index (χ0v) is 19.6. The number of nitrogens with one attached hydrogen (secondary N) is 1. The molecule has 8 nitrogen and oxygen atoms in total. The molecule has 2 aliphatic heterocycles. The highest BCUT2D eigenvalue weighted by molar-refractivity contribution is 7.94. The third-order valence-electron chi connectivity index (χ3n) is 5.69. The van der Waals surface area contributed by atoms with Gasteiger partial charge >= 0.3 is 0 Å². The van der Waals surface area contributed by atoms with E-state index in [2.05, 4.69) is 9.62 Å². The number of rotatable bonds is 7. The second kappa shape index (κ2) is 8.62. The number of sulfonamides is 2. The van der Waals surface area contributed by atoms with E-state index in [1.54, 1.807) is 18.3 Å². The quantitative estimate of drug-likeness (QED) is 0.648. The first-order valence-electron chi connectivity index (χ1n) is 10.1. The number of carbonyl (C=O) groups excluding carboxylic acids is 1. The molecule has 0 saturated carbocycles. The molecule has 1 N–H and O–H groups in total. The summed E-state index contributed by atoms with van der Waals surface area (Å²) in [5.41, 5.74) is 0.539. The Bertz CT molecular complexity index is 1170. The summed E-state index contributed by atoms with van der Waals surface area (Å²) in [7, 11) is -7.69. The fraction of sp³-hybridized carbons (Fsp3) is 0.450. The molecule has 31 heavy (non-hydrogen) atoms. The molecule has 1 amide bonds. The van der Waals surface area contributed by atoms with Crippen molar-refractivity contribution in [2.75, 3.05) is 29.7 Å². The molecule has 1 unspecified atom stereocenters. The Morgan fingerprint density at radius 2 is 1.94 bits per heavy atom. The molecule has 3 heterocycles. The topological polar surface area (TPSA) is 104 Å². The second-order valence-electron chi connectivity index (χ2n) is 7.80. The molecule has 2 aromatic rings. The third kappa shape index (κ3) is 4.56. The Labute approximate surface area is 187 Å². The lowest BCUT2D eigenvalue weighted by atomic mass is 10.2. The first-order chi connectivity index (χ1) is 14.7. The molecule has 0 spiro atoms. The van der Waals surface area contributed by atoms with Gasteiger partial charge in [0, 0.05) is 17.8 Å². The van der Waals surface area contributed by atoms with Gasteiger partial charge in [0.1, 0.15) is 0 Å². The molecule has 1 aromatic heterocycles. The lowest BCUT2D eigenvalue weighted by Gasteiger charge is -2.27. The van der Waals surface area contributed by atoms with E-state index in [0.717, 1.165) is 30.8 Å². The van der Waals surface area contributed by atoms with Gasteiger partial charge in [-0.1, -0.05) is 12.1 Å². The van der Waals surface area contributed by atoms with E-state index < -0.39 is 26.0 Å². The summed E-state index contributed by atoms with van der Waals surface area (Å²) in [4.78, 5) is 15.5. The monoisotopic (exact) mass is 483 g/mol. The van der Waals surface area contributed by atoms with Crippen LogP contribution in [-0.4, -0.2) is 53.0 Å². The fourth-order valence-electron chi connectivity index (χ4n) is 4.08. The normalized spacial score (nSPS) is 20.4. The van der Waals surface area contributed by atoms with E-state index in [0.29, 0.717) is 9.87 Å². The zero-order valence-electron chi connectivity index (χ0n) is 17.2. The lowest BCUT2D eigenvalue weighted by molar-refractivity contribution is -0.116. The van der Waals surface area contributed by atoms with Crippen molar-refractivity contribution in [3.63, 3.8) is 0 Å². The molecule has 0 aliphatic carbocycles. The van der Waals surface area contributed by atoms with Gasteiger partial charge in [0.25, 0.3) is 0 Å². The third-order valence-corrected chi connectivity index (χ3v) is 9.92. The number of amides is 1. The molecule has 0 bridgehead atoms. The van der Waals surface area contributed by atoms with E-state index in [-0.39, 0.29) is 35.3 Å². The molecule has 2 fully saturated rings. The highest BCUT2D eigenvalue weighted by Crippen LogP contribution is 2.31. The van der Waals surface area contributed by atoms with Gasteiger partial charge in [0.15, 0.2) is 0 Å². The minimum absolute atomic E-state index is 0.0220. The van der Waals surface area contributed by atoms with Crippen LogP contribution in [0, 0.1) is 6.92 Å². The second-order valence-corrected chi connectivity index (χ2v) is 12.5. The van der Waals surface area contributed by atoms with Crippen molar-refractivity contribution in [2.45, 2.75) is 37.1 Å². The Morgan fingerprint density at radius 3 is 2.55 bits per heavy atom. The standard InChI is InChI=1S/C20H25N3O5S3/c1-15-6-7-16(23-20(24)8-12-30(23,25)26)13-19(15)31(27,28)21-14-17(18-5-4-11-29-18)22-9-2-3-10-22/h4-7,11,13,17,21H,2-3,8-10,12,14H2,1H3. The van der Waals surface area contributed by atoms with Crippen LogP contribution in [0.3, 0.4) is 0 Å². The average molecular weight is 484 g/mol. The predicted molar refractivity (Wildman–Crippen MR) is 120 cm³/mol. The van der Waals surface area contributed by atoms with Crippen molar-refractivity contribution in [2.24, 2.45) is 0 Å². The molecule has 0 radical (unpaired) electrons. The SMILES string of the molecule is Cc1ccc(N2C(=O)CCS2(=O)=O)cc1S(=O)(=O)NCC(c1cccs1)N1CCCC1. The maximum Gasteiger partial charge on any atom is 0.242 e. The largest absolute Gasteiger partial charge is 0.294 e. The van der Waals surface area contributed by atoms with Crippen molar-refractivity contribution in [3.05, 3.63) is 46.2 Å².